The molecule has 0 aromatic heterocycles. The molecular weight excluding hydrogens is 472 g/mol. The molecule has 0 amide bonds. The normalized spacial score (nSPS) is 16.5. The topological polar surface area (TPSA) is 70.1 Å². The lowest BCUT2D eigenvalue weighted by molar-refractivity contribution is 0.173. The third kappa shape index (κ3) is 6.10. The first-order chi connectivity index (χ1) is 16.4. The minimum atomic E-state index is -3.84. The van der Waals surface area contributed by atoms with Gasteiger partial charge in [0.05, 0.1) is 29.8 Å². The number of hydrogen-bond donors (Lipinski definition) is 1. The molecule has 34 heavy (non-hydrogen) atoms. The van der Waals surface area contributed by atoms with Crippen LogP contribution >= 0.6 is 11.6 Å². The standard InChI is InChI=1S/C26H29ClN2O4S/c27-22-11-13-25(14-12-22)34(31,32)29(23-8-2-1-3-9-23)19-21-7-4-5-10-26(21)33-18-6-16-28-17-15-24(30)20-28/h1-5,7-14,24,30H,6,15-20H2. The Bertz CT molecular complexity index is 1170. The molecule has 0 spiro atoms. The van der Waals surface area contributed by atoms with Crippen LogP contribution in [0.1, 0.15) is 18.4 Å². The van der Waals surface area contributed by atoms with Gasteiger partial charge in [0.15, 0.2) is 0 Å². The zero-order chi connectivity index (χ0) is 24.0. The van der Waals surface area contributed by atoms with Crippen LogP contribution < -0.4 is 9.04 Å². The van der Waals surface area contributed by atoms with E-state index in [-0.39, 0.29) is 17.5 Å². The fraction of sp³-hybridized carbons (Fsp3) is 0.308. The van der Waals surface area contributed by atoms with Crippen molar-refractivity contribution in [1.29, 1.82) is 0 Å². The van der Waals surface area contributed by atoms with E-state index in [9.17, 15) is 13.5 Å². The van der Waals surface area contributed by atoms with Gasteiger partial charge in [-0.25, -0.2) is 8.42 Å². The van der Waals surface area contributed by atoms with Crippen LogP contribution in [0, 0.1) is 0 Å². The fourth-order valence-corrected chi connectivity index (χ4v) is 5.63. The average molecular weight is 501 g/mol. The Morgan fingerprint density at radius 3 is 2.41 bits per heavy atom. The van der Waals surface area contributed by atoms with Crippen LogP contribution in [0.2, 0.25) is 5.02 Å². The molecule has 0 aliphatic carbocycles. The second kappa shape index (κ2) is 11.2. The molecule has 1 aliphatic rings. The maximum Gasteiger partial charge on any atom is 0.264 e. The van der Waals surface area contributed by atoms with E-state index in [2.05, 4.69) is 4.90 Å². The molecule has 0 bridgehead atoms. The predicted molar refractivity (Wildman–Crippen MR) is 135 cm³/mol. The lowest BCUT2D eigenvalue weighted by Crippen LogP contribution is -2.30. The van der Waals surface area contributed by atoms with Crippen molar-refractivity contribution >= 4 is 27.3 Å². The monoisotopic (exact) mass is 500 g/mol. The van der Waals surface area contributed by atoms with E-state index in [1.165, 1.54) is 16.4 Å². The Morgan fingerprint density at radius 1 is 1.00 bits per heavy atom. The first-order valence-electron chi connectivity index (χ1n) is 11.4. The van der Waals surface area contributed by atoms with Crippen molar-refractivity contribution in [2.75, 3.05) is 30.5 Å². The van der Waals surface area contributed by atoms with Crippen molar-refractivity contribution in [3.8, 4) is 5.75 Å². The third-order valence-electron chi connectivity index (χ3n) is 5.86. The quantitative estimate of drug-likeness (QED) is 0.413. The number of rotatable bonds is 10. The molecule has 1 aliphatic heterocycles. The molecule has 8 heteroatoms. The maximum atomic E-state index is 13.6. The van der Waals surface area contributed by atoms with E-state index in [1.54, 1.807) is 24.3 Å². The summed E-state index contributed by atoms with van der Waals surface area (Å²) in [5, 5.41) is 10.2. The Labute approximate surface area is 206 Å². The molecule has 1 unspecified atom stereocenters. The van der Waals surface area contributed by atoms with Crippen LogP contribution in [0.3, 0.4) is 0 Å². The molecule has 0 radical (unpaired) electrons. The molecule has 1 N–H and O–H groups in total. The Kier molecular flexibility index (Phi) is 8.11. The number of likely N-dealkylation sites (tertiary alicyclic amines) is 1. The summed E-state index contributed by atoms with van der Waals surface area (Å²) >= 11 is 5.98. The predicted octanol–water partition coefficient (Wildman–Crippen LogP) is 4.57. The Balaban J connectivity index is 1.52. The number of sulfonamides is 1. The summed E-state index contributed by atoms with van der Waals surface area (Å²) in [5.74, 6) is 0.663. The first kappa shape index (κ1) is 24.5. The second-order valence-corrected chi connectivity index (χ2v) is 10.7. The fourth-order valence-electron chi connectivity index (χ4n) is 4.06. The Hall–Kier alpha value is -2.58. The van der Waals surface area contributed by atoms with Crippen molar-refractivity contribution in [3.63, 3.8) is 0 Å². The molecule has 6 nitrogen and oxygen atoms in total. The molecule has 3 aromatic rings. The second-order valence-electron chi connectivity index (χ2n) is 8.35. The lowest BCUT2D eigenvalue weighted by Gasteiger charge is -2.26. The molecule has 0 saturated carbocycles. The number of ether oxygens (including phenoxy) is 1. The van der Waals surface area contributed by atoms with Crippen LogP contribution in [0.5, 0.6) is 5.75 Å². The number of β-amino-alcohol motifs (C(OH)–C–C–N with tert-alkyl or cyclic N) is 1. The van der Waals surface area contributed by atoms with E-state index < -0.39 is 10.0 Å². The molecule has 1 saturated heterocycles. The number of halogens is 1. The van der Waals surface area contributed by atoms with Crippen LogP contribution in [0.25, 0.3) is 0 Å². The number of nitrogens with zero attached hydrogens (tertiary/aromatic N) is 2. The highest BCUT2D eigenvalue weighted by Crippen LogP contribution is 2.29. The van der Waals surface area contributed by atoms with Gasteiger partial charge in [-0.2, -0.15) is 0 Å². The molecule has 4 rings (SSSR count). The van der Waals surface area contributed by atoms with Gasteiger partial charge in [0.2, 0.25) is 0 Å². The average Bonchev–Trinajstić information content (AvgIpc) is 3.26. The van der Waals surface area contributed by atoms with E-state index in [0.717, 1.165) is 31.5 Å². The van der Waals surface area contributed by atoms with Gasteiger partial charge in [-0.1, -0.05) is 48.0 Å². The van der Waals surface area contributed by atoms with E-state index in [4.69, 9.17) is 16.3 Å². The lowest BCUT2D eigenvalue weighted by atomic mass is 10.2. The maximum absolute atomic E-state index is 13.6. The van der Waals surface area contributed by atoms with Gasteiger partial charge < -0.3 is 14.7 Å². The van der Waals surface area contributed by atoms with Crippen LogP contribution in [0.4, 0.5) is 5.69 Å². The van der Waals surface area contributed by atoms with Crippen LogP contribution in [-0.2, 0) is 16.6 Å². The number of aliphatic hydroxyl groups excluding tert-OH is 1. The van der Waals surface area contributed by atoms with Crippen LogP contribution in [-0.4, -0.2) is 50.8 Å². The van der Waals surface area contributed by atoms with Gasteiger partial charge in [0, 0.05) is 30.2 Å². The van der Waals surface area contributed by atoms with Crippen molar-refractivity contribution < 1.29 is 18.3 Å². The molecule has 3 aromatic carbocycles. The third-order valence-corrected chi connectivity index (χ3v) is 7.90. The zero-order valence-corrected chi connectivity index (χ0v) is 20.5. The summed E-state index contributed by atoms with van der Waals surface area (Å²) in [6, 6.07) is 22.8. The van der Waals surface area contributed by atoms with E-state index >= 15 is 0 Å². The highest BCUT2D eigenvalue weighted by Gasteiger charge is 2.26. The van der Waals surface area contributed by atoms with Gasteiger partial charge >= 0.3 is 0 Å². The summed E-state index contributed by atoms with van der Waals surface area (Å²) in [5.41, 5.74) is 1.35. The number of aliphatic hydroxyl groups is 1. The first-order valence-corrected chi connectivity index (χ1v) is 13.2. The molecule has 1 heterocycles. The summed E-state index contributed by atoms with van der Waals surface area (Å²) < 4.78 is 34.7. The van der Waals surface area contributed by atoms with Crippen molar-refractivity contribution in [2.24, 2.45) is 0 Å². The van der Waals surface area contributed by atoms with Crippen molar-refractivity contribution in [2.45, 2.75) is 30.4 Å². The number of benzene rings is 3. The summed E-state index contributed by atoms with van der Waals surface area (Å²) in [7, 11) is -3.84. The molecule has 1 atom stereocenters. The number of para-hydroxylation sites is 2. The summed E-state index contributed by atoms with van der Waals surface area (Å²) in [4.78, 5) is 2.41. The van der Waals surface area contributed by atoms with Crippen LogP contribution in [0.15, 0.2) is 83.8 Å². The van der Waals surface area contributed by atoms with E-state index in [0.29, 0.717) is 29.6 Å². The van der Waals surface area contributed by atoms with Gasteiger partial charge in [-0.05, 0) is 55.3 Å². The molecular formula is C26H29ClN2O4S. The zero-order valence-electron chi connectivity index (χ0n) is 18.9. The summed E-state index contributed by atoms with van der Waals surface area (Å²) in [6.07, 6.45) is 1.42. The number of anilines is 1. The highest BCUT2D eigenvalue weighted by molar-refractivity contribution is 7.92. The molecule has 1 fully saturated rings. The van der Waals surface area contributed by atoms with E-state index in [1.807, 2.05) is 42.5 Å². The SMILES string of the molecule is O=S(=O)(c1ccc(Cl)cc1)N(Cc1ccccc1OCCCN1CCC(O)C1)c1ccccc1. The smallest absolute Gasteiger partial charge is 0.264 e. The van der Waals surface area contributed by atoms with Gasteiger partial charge in [0.1, 0.15) is 5.75 Å². The Morgan fingerprint density at radius 2 is 1.71 bits per heavy atom. The molecule has 180 valence electrons. The van der Waals surface area contributed by atoms with Gasteiger partial charge in [0.25, 0.3) is 10.0 Å². The highest BCUT2D eigenvalue weighted by atomic mass is 35.5. The largest absolute Gasteiger partial charge is 0.493 e. The van der Waals surface area contributed by atoms with Crippen molar-refractivity contribution in [3.05, 3.63) is 89.4 Å². The summed E-state index contributed by atoms with van der Waals surface area (Å²) in [6.45, 7) is 3.13. The number of hydrogen-bond acceptors (Lipinski definition) is 5. The van der Waals surface area contributed by atoms with Gasteiger partial charge in [-0.15, -0.1) is 0 Å². The van der Waals surface area contributed by atoms with Crippen molar-refractivity contribution in [1.82, 2.24) is 4.90 Å². The van der Waals surface area contributed by atoms with Gasteiger partial charge in [-0.3, -0.25) is 4.31 Å². The minimum Gasteiger partial charge on any atom is -0.493 e. The minimum absolute atomic E-state index is 0.128.